The van der Waals surface area contributed by atoms with E-state index in [4.69, 9.17) is 4.52 Å². The third-order valence-electron chi connectivity index (χ3n) is 9.02. The fourth-order valence-corrected chi connectivity index (χ4v) is 7.81. The van der Waals surface area contributed by atoms with Gasteiger partial charge in [-0.15, -0.1) is 0 Å². The molecule has 0 aromatic rings. The predicted molar refractivity (Wildman–Crippen MR) is 106 cm³/mol. The maximum absolute atomic E-state index is 13.5. The number of hydrogen-bond donors (Lipinski definition) is 1. The number of carbonyl (C=O) groups is 1. The minimum Gasteiger partial charge on any atom is -0.393 e. The molecule has 3 saturated carbocycles. The fourth-order valence-electron chi connectivity index (χ4n) is 7.50. The second kappa shape index (κ2) is 6.68. The number of aliphatic hydroxyl groups excluding tert-OH is 1. The standard InChI is InChI=1S/C22H35O3P/c1-13(12-25-26)17-6-7-18-16-5-4-14-10-15(23)8-9-21(14,2)19(16)11-20(24)22(17,18)3/h11,13-18,23H,4-10,12,26H2,1-3H3/t13-,14-,15-,16?,17-,18?,21+,22-/m1/s1. The number of allylic oxidation sites excluding steroid dienone is 2. The van der Waals surface area contributed by atoms with Gasteiger partial charge in [0.05, 0.1) is 12.7 Å². The number of carbonyl (C=O) groups excluding carboxylic acids is 1. The Morgan fingerprint density at radius 1 is 1.27 bits per heavy atom. The third-order valence-corrected chi connectivity index (χ3v) is 9.21. The maximum atomic E-state index is 13.5. The van der Waals surface area contributed by atoms with E-state index in [2.05, 4.69) is 36.3 Å². The summed E-state index contributed by atoms with van der Waals surface area (Å²) in [4.78, 5) is 13.5. The van der Waals surface area contributed by atoms with E-state index in [0.717, 1.165) is 25.7 Å². The first-order valence-electron chi connectivity index (χ1n) is 10.6. The Morgan fingerprint density at radius 2 is 2.04 bits per heavy atom. The van der Waals surface area contributed by atoms with Crippen LogP contribution in [0.1, 0.15) is 65.7 Å². The van der Waals surface area contributed by atoms with Gasteiger partial charge in [-0.05, 0) is 86.0 Å². The van der Waals surface area contributed by atoms with Crippen LogP contribution in [0.25, 0.3) is 0 Å². The molecule has 4 rings (SSSR count). The molecule has 3 unspecified atom stereocenters. The molecule has 0 aliphatic heterocycles. The Hall–Kier alpha value is -0.240. The molecule has 0 amide bonds. The molecular weight excluding hydrogens is 343 g/mol. The largest absolute Gasteiger partial charge is 0.393 e. The zero-order chi connectivity index (χ0) is 18.7. The van der Waals surface area contributed by atoms with Crippen LogP contribution in [0.2, 0.25) is 0 Å². The number of rotatable bonds is 3. The molecule has 0 heterocycles. The first-order chi connectivity index (χ1) is 12.3. The summed E-state index contributed by atoms with van der Waals surface area (Å²) in [6.07, 6.45) is 9.53. The van der Waals surface area contributed by atoms with E-state index in [-0.39, 0.29) is 16.9 Å². The monoisotopic (exact) mass is 378 g/mol. The molecule has 0 bridgehead atoms. The first-order valence-corrected chi connectivity index (χ1v) is 11.1. The van der Waals surface area contributed by atoms with Gasteiger partial charge in [0.15, 0.2) is 5.78 Å². The van der Waals surface area contributed by atoms with Crippen molar-refractivity contribution < 1.29 is 14.4 Å². The van der Waals surface area contributed by atoms with E-state index in [9.17, 15) is 9.90 Å². The molecule has 0 aromatic carbocycles. The second-order valence-corrected chi connectivity index (χ2v) is 10.4. The van der Waals surface area contributed by atoms with Gasteiger partial charge in [-0.3, -0.25) is 4.79 Å². The van der Waals surface area contributed by atoms with Crippen molar-refractivity contribution >= 4 is 15.2 Å². The first kappa shape index (κ1) is 19.1. The van der Waals surface area contributed by atoms with Crippen molar-refractivity contribution in [2.75, 3.05) is 6.61 Å². The minimum atomic E-state index is -0.214. The zero-order valence-electron chi connectivity index (χ0n) is 16.5. The number of fused-ring (bicyclic) bond motifs is 5. The molecule has 3 nitrogen and oxygen atoms in total. The van der Waals surface area contributed by atoms with Crippen LogP contribution >= 0.6 is 9.47 Å². The predicted octanol–water partition coefficient (Wildman–Crippen LogP) is 4.55. The molecule has 4 aliphatic rings. The minimum absolute atomic E-state index is 0.131. The molecule has 1 N–H and O–H groups in total. The quantitative estimate of drug-likeness (QED) is 0.733. The van der Waals surface area contributed by atoms with Crippen LogP contribution in [0.4, 0.5) is 0 Å². The van der Waals surface area contributed by atoms with E-state index in [1.165, 1.54) is 24.8 Å². The maximum Gasteiger partial charge on any atom is 0.162 e. The van der Waals surface area contributed by atoms with Crippen molar-refractivity contribution in [2.24, 2.45) is 40.4 Å². The van der Waals surface area contributed by atoms with Gasteiger partial charge < -0.3 is 9.63 Å². The second-order valence-electron chi connectivity index (χ2n) is 10.1. The van der Waals surface area contributed by atoms with E-state index >= 15 is 0 Å². The van der Waals surface area contributed by atoms with Gasteiger partial charge in [-0.1, -0.05) is 26.3 Å². The number of aliphatic hydroxyl groups is 1. The van der Waals surface area contributed by atoms with E-state index in [0.29, 0.717) is 42.0 Å². The molecule has 26 heavy (non-hydrogen) atoms. The van der Waals surface area contributed by atoms with Crippen LogP contribution in [-0.2, 0) is 9.32 Å². The molecule has 9 atom stereocenters. The van der Waals surface area contributed by atoms with Crippen molar-refractivity contribution in [2.45, 2.75) is 71.8 Å². The lowest BCUT2D eigenvalue weighted by Gasteiger charge is -2.56. The summed E-state index contributed by atoms with van der Waals surface area (Å²) in [6.45, 7) is 7.59. The Balaban J connectivity index is 1.69. The van der Waals surface area contributed by atoms with Gasteiger partial charge in [0.1, 0.15) is 0 Å². The molecule has 4 heteroatoms. The van der Waals surface area contributed by atoms with Gasteiger partial charge in [0.25, 0.3) is 0 Å². The van der Waals surface area contributed by atoms with Crippen LogP contribution < -0.4 is 0 Å². The smallest absolute Gasteiger partial charge is 0.162 e. The highest BCUT2D eigenvalue weighted by Crippen LogP contribution is 2.65. The van der Waals surface area contributed by atoms with Gasteiger partial charge >= 0.3 is 0 Å². The van der Waals surface area contributed by atoms with Gasteiger partial charge in [0, 0.05) is 14.9 Å². The summed E-state index contributed by atoms with van der Waals surface area (Å²) in [5.74, 6) is 2.84. The van der Waals surface area contributed by atoms with E-state index < -0.39 is 0 Å². The highest BCUT2D eigenvalue weighted by molar-refractivity contribution is 7.09. The van der Waals surface area contributed by atoms with E-state index in [1.807, 2.05) is 0 Å². The molecule has 0 saturated heterocycles. The lowest BCUT2D eigenvalue weighted by Crippen LogP contribution is -2.52. The average molecular weight is 378 g/mol. The average Bonchev–Trinajstić information content (AvgIpc) is 2.96. The molecule has 0 aromatic heterocycles. The highest BCUT2D eigenvalue weighted by atomic mass is 31.0. The summed E-state index contributed by atoms with van der Waals surface area (Å²) >= 11 is 0. The molecule has 3 fully saturated rings. The van der Waals surface area contributed by atoms with Crippen molar-refractivity contribution in [1.82, 2.24) is 0 Å². The molecule has 4 aliphatic carbocycles. The molecule has 0 spiro atoms. The summed E-state index contributed by atoms with van der Waals surface area (Å²) in [5.41, 5.74) is 1.36. The molecule has 0 radical (unpaired) electrons. The van der Waals surface area contributed by atoms with Crippen LogP contribution in [-0.4, -0.2) is 23.6 Å². The Morgan fingerprint density at radius 3 is 2.77 bits per heavy atom. The van der Waals surface area contributed by atoms with Crippen molar-refractivity contribution in [1.29, 1.82) is 0 Å². The normalized spacial score (nSPS) is 49.0. The van der Waals surface area contributed by atoms with E-state index in [1.54, 1.807) is 0 Å². The molecule has 146 valence electrons. The summed E-state index contributed by atoms with van der Waals surface area (Å²) in [7, 11) is 2.36. The van der Waals surface area contributed by atoms with Crippen LogP contribution in [0.5, 0.6) is 0 Å². The van der Waals surface area contributed by atoms with Gasteiger partial charge in [-0.2, -0.15) is 0 Å². The number of hydrogen-bond acceptors (Lipinski definition) is 3. The summed E-state index contributed by atoms with van der Waals surface area (Å²) in [6, 6.07) is 0. The summed E-state index contributed by atoms with van der Waals surface area (Å²) in [5, 5.41) is 10.1. The Kier molecular flexibility index (Phi) is 4.90. The Bertz CT molecular complexity index is 617. The molecular formula is C22H35O3P. The fraction of sp³-hybridized carbons (Fsp3) is 0.864. The lowest BCUT2D eigenvalue weighted by atomic mass is 9.48. The number of ketones is 1. The topological polar surface area (TPSA) is 46.5 Å². The van der Waals surface area contributed by atoms with Crippen molar-refractivity contribution in [3.05, 3.63) is 11.6 Å². The van der Waals surface area contributed by atoms with Crippen molar-refractivity contribution in [3.8, 4) is 0 Å². The Labute approximate surface area is 160 Å². The van der Waals surface area contributed by atoms with Crippen LogP contribution in [0.3, 0.4) is 0 Å². The van der Waals surface area contributed by atoms with Gasteiger partial charge in [-0.25, -0.2) is 0 Å². The third kappa shape index (κ3) is 2.60. The SMILES string of the molecule is C[C@H](COP)[C@H]1CCC2C3CC[C@@H]4C[C@H](O)CC[C@]4(C)C3=CC(=O)[C@@]21C. The summed E-state index contributed by atoms with van der Waals surface area (Å²) < 4.78 is 5.35. The lowest BCUT2D eigenvalue weighted by molar-refractivity contribution is -0.132. The highest BCUT2D eigenvalue weighted by Gasteiger charge is 2.61. The van der Waals surface area contributed by atoms with Gasteiger partial charge in [0.2, 0.25) is 0 Å². The van der Waals surface area contributed by atoms with Crippen LogP contribution in [0.15, 0.2) is 11.6 Å². The van der Waals surface area contributed by atoms with Crippen molar-refractivity contribution in [3.63, 3.8) is 0 Å². The van der Waals surface area contributed by atoms with Crippen LogP contribution in [0, 0.1) is 40.4 Å². The zero-order valence-corrected chi connectivity index (χ0v) is 17.7.